The molecule has 21 heavy (non-hydrogen) atoms. The number of nitrogens with two attached hydrogens (primary N) is 2. The number of nitrogen functional groups attached to an aromatic ring is 2. The number of hydrazone groups is 1. The Hall–Kier alpha value is -2.86. The molecule has 0 atom stereocenters. The Bertz CT molecular complexity index is 666. The third-order valence-corrected chi connectivity index (χ3v) is 2.88. The fourth-order valence-electron chi connectivity index (χ4n) is 1.75. The average Bonchev–Trinajstić information content (AvgIpc) is 2.49. The third-order valence-electron chi connectivity index (χ3n) is 2.88. The fraction of sp³-hybridized carbons (Fsp3) is 0.0667. The second kappa shape index (κ2) is 6.53. The van der Waals surface area contributed by atoms with Crippen molar-refractivity contribution in [1.29, 1.82) is 0 Å². The molecule has 0 bridgehead atoms. The van der Waals surface area contributed by atoms with Crippen molar-refractivity contribution in [3.05, 3.63) is 59.2 Å². The summed E-state index contributed by atoms with van der Waals surface area (Å²) in [5, 5.41) is 13.1. The Balaban J connectivity index is 2.05. The van der Waals surface area contributed by atoms with Gasteiger partial charge in [-0.05, 0) is 42.0 Å². The number of carbonyl (C=O) groups excluding carboxylic acids is 1. The molecule has 1 amide bonds. The highest BCUT2D eigenvalue weighted by atomic mass is 16.3. The summed E-state index contributed by atoms with van der Waals surface area (Å²) < 4.78 is 0. The van der Waals surface area contributed by atoms with E-state index in [2.05, 4.69) is 10.5 Å². The Morgan fingerprint density at radius 3 is 2.48 bits per heavy atom. The van der Waals surface area contributed by atoms with Gasteiger partial charge in [0.2, 0.25) is 0 Å². The van der Waals surface area contributed by atoms with Crippen LogP contribution >= 0.6 is 0 Å². The lowest BCUT2D eigenvalue weighted by Crippen LogP contribution is -2.17. The number of nitrogens with zero attached hydrogens (tertiary/aromatic N) is 1. The molecule has 6 nitrogen and oxygen atoms in total. The van der Waals surface area contributed by atoms with Crippen molar-refractivity contribution in [3.63, 3.8) is 0 Å². The van der Waals surface area contributed by atoms with Crippen LogP contribution in [0.4, 0.5) is 11.4 Å². The predicted octanol–water partition coefficient (Wildman–Crippen LogP) is 1.11. The first-order valence-corrected chi connectivity index (χ1v) is 6.28. The molecule has 6 N–H and O–H groups in total. The SMILES string of the molecule is Nc1ccc(C(=O)N/N=C/c2ccc(N)cc2CO)cc1. The molecule has 0 aliphatic carbocycles. The quantitative estimate of drug-likeness (QED) is 0.382. The van der Waals surface area contributed by atoms with Crippen LogP contribution in [0.1, 0.15) is 21.5 Å². The predicted molar refractivity (Wildman–Crippen MR) is 82.7 cm³/mol. The van der Waals surface area contributed by atoms with Gasteiger partial charge in [0.25, 0.3) is 5.91 Å². The van der Waals surface area contributed by atoms with Crippen LogP contribution in [0.15, 0.2) is 47.6 Å². The minimum absolute atomic E-state index is 0.154. The summed E-state index contributed by atoms with van der Waals surface area (Å²) >= 11 is 0. The minimum Gasteiger partial charge on any atom is -0.399 e. The van der Waals surface area contributed by atoms with Gasteiger partial charge in [-0.25, -0.2) is 5.43 Å². The summed E-state index contributed by atoms with van der Waals surface area (Å²) in [5.74, 6) is -0.341. The Morgan fingerprint density at radius 1 is 1.14 bits per heavy atom. The van der Waals surface area contributed by atoms with Crippen LogP contribution in [0, 0.1) is 0 Å². The molecule has 0 saturated carbocycles. The van der Waals surface area contributed by atoms with Crippen molar-refractivity contribution in [3.8, 4) is 0 Å². The lowest BCUT2D eigenvalue weighted by Gasteiger charge is -2.04. The minimum atomic E-state index is -0.341. The zero-order valence-electron chi connectivity index (χ0n) is 11.3. The standard InChI is InChI=1S/C15H16N4O2/c16-13-4-1-10(2-5-13)15(21)19-18-8-11-3-6-14(17)7-12(11)9-20/h1-8,20H,9,16-17H2,(H,19,21)/b18-8+. The van der Waals surface area contributed by atoms with Crippen molar-refractivity contribution in [2.45, 2.75) is 6.61 Å². The number of amides is 1. The van der Waals surface area contributed by atoms with Gasteiger partial charge in [0.05, 0.1) is 12.8 Å². The van der Waals surface area contributed by atoms with Crippen LogP contribution in [0.25, 0.3) is 0 Å². The van der Waals surface area contributed by atoms with Gasteiger partial charge in [-0.3, -0.25) is 4.79 Å². The molecule has 6 heteroatoms. The maximum atomic E-state index is 11.8. The van der Waals surface area contributed by atoms with Gasteiger partial charge in [-0.1, -0.05) is 6.07 Å². The second-order valence-corrected chi connectivity index (χ2v) is 4.44. The number of nitrogens with one attached hydrogen (secondary N) is 1. The van der Waals surface area contributed by atoms with E-state index in [4.69, 9.17) is 11.5 Å². The van der Waals surface area contributed by atoms with E-state index in [1.165, 1.54) is 6.21 Å². The van der Waals surface area contributed by atoms with Crippen molar-refractivity contribution in [1.82, 2.24) is 5.43 Å². The number of aliphatic hydroxyl groups excluding tert-OH is 1. The highest BCUT2D eigenvalue weighted by molar-refractivity contribution is 5.95. The number of hydrogen-bond donors (Lipinski definition) is 4. The molecule has 0 aliphatic heterocycles. The molecule has 0 aromatic heterocycles. The molecule has 0 radical (unpaired) electrons. The molecule has 108 valence electrons. The molecule has 2 aromatic carbocycles. The van der Waals surface area contributed by atoms with Gasteiger partial charge < -0.3 is 16.6 Å². The largest absolute Gasteiger partial charge is 0.399 e. The molecule has 0 unspecified atom stereocenters. The lowest BCUT2D eigenvalue weighted by atomic mass is 10.1. The number of anilines is 2. The zero-order valence-corrected chi connectivity index (χ0v) is 11.3. The molecule has 0 spiro atoms. The van der Waals surface area contributed by atoms with E-state index >= 15 is 0 Å². The molecule has 0 aliphatic rings. The summed E-state index contributed by atoms with van der Waals surface area (Å²) in [6.45, 7) is -0.154. The fourth-order valence-corrected chi connectivity index (χ4v) is 1.75. The Labute approximate surface area is 122 Å². The van der Waals surface area contributed by atoms with Crippen LogP contribution in [-0.4, -0.2) is 17.2 Å². The molecule has 2 rings (SSSR count). The van der Waals surface area contributed by atoms with E-state index in [1.807, 2.05) is 0 Å². The number of carbonyl (C=O) groups is 1. The van der Waals surface area contributed by atoms with Crippen molar-refractivity contribution >= 4 is 23.5 Å². The molecule has 0 heterocycles. The van der Waals surface area contributed by atoms with Gasteiger partial charge in [0.1, 0.15) is 0 Å². The van der Waals surface area contributed by atoms with E-state index in [-0.39, 0.29) is 12.5 Å². The number of benzene rings is 2. The summed E-state index contributed by atoms with van der Waals surface area (Å²) in [7, 11) is 0. The first-order valence-electron chi connectivity index (χ1n) is 6.28. The van der Waals surface area contributed by atoms with E-state index in [9.17, 15) is 9.90 Å². The Kier molecular flexibility index (Phi) is 4.53. The summed E-state index contributed by atoms with van der Waals surface area (Å²) in [6.07, 6.45) is 1.46. The van der Waals surface area contributed by atoms with E-state index in [0.717, 1.165) is 0 Å². The van der Waals surface area contributed by atoms with Crippen molar-refractivity contribution in [2.24, 2.45) is 5.10 Å². The first kappa shape index (κ1) is 14.5. The highest BCUT2D eigenvalue weighted by Gasteiger charge is 2.03. The Morgan fingerprint density at radius 2 is 1.81 bits per heavy atom. The van der Waals surface area contributed by atoms with Gasteiger partial charge in [-0.15, -0.1) is 0 Å². The maximum Gasteiger partial charge on any atom is 0.271 e. The van der Waals surface area contributed by atoms with Crippen LogP contribution in [0.2, 0.25) is 0 Å². The summed E-state index contributed by atoms with van der Waals surface area (Å²) in [4.78, 5) is 11.8. The lowest BCUT2D eigenvalue weighted by molar-refractivity contribution is 0.0955. The second-order valence-electron chi connectivity index (χ2n) is 4.44. The maximum absolute atomic E-state index is 11.8. The molecule has 0 saturated heterocycles. The molecular formula is C15H16N4O2. The summed E-state index contributed by atoms with van der Waals surface area (Å²) in [5.41, 5.74) is 16.5. The third kappa shape index (κ3) is 3.80. The molecular weight excluding hydrogens is 268 g/mol. The van der Waals surface area contributed by atoms with E-state index in [0.29, 0.717) is 28.1 Å². The smallest absolute Gasteiger partial charge is 0.271 e. The van der Waals surface area contributed by atoms with Gasteiger partial charge in [-0.2, -0.15) is 5.10 Å². The molecule has 0 fully saturated rings. The van der Waals surface area contributed by atoms with Gasteiger partial charge in [0.15, 0.2) is 0 Å². The van der Waals surface area contributed by atoms with Crippen LogP contribution in [-0.2, 0) is 6.61 Å². The zero-order chi connectivity index (χ0) is 15.2. The van der Waals surface area contributed by atoms with Crippen molar-refractivity contribution < 1.29 is 9.90 Å². The van der Waals surface area contributed by atoms with Gasteiger partial charge >= 0.3 is 0 Å². The van der Waals surface area contributed by atoms with Crippen molar-refractivity contribution in [2.75, 3.05) is 11.5 Å². The van der Waals surface area contributed by atoms with E-state index in [1.54, 1.807) is 42.5 Å². The number of rotatable bonds is 4. The average molecular weight is 284 g/mol. The summed E-state index contributed by atoms with van der Waals surface area (Å²) in [6, 6.07) is 11.6. The number of hydrogen-bond acceptors (Lipinski definition) is 5. The normalized spacial score (nSPS) is 10.7. The topological polar surface area (TPSA) is 114 Å². The van der Waals surface area contributed by atoms with Crippen LogP contribution in [0.5, 0.6) is 0 Å². The van der Waals surface area contributed by atoms with E-state index < -0.39 is 0 Å². The highest BCUT2D eigenvalue weighted by Crippen LogP contribution is 2.11. The monoisotopic (exact) mass is 284 g/mol. The van der Waals surface area contributed by atoms with Crippen LogP contribution in [0.3, 0.4) is 0 Å². The first-order chi connectivity index (χ1) is 10.1. The van der Waals surface area contributed by atoms with Crippen LogP contribution < -0.4 is 16.9 Å². The number of aliphatic hydroxyl groups is 1. The molecule has 2 aromatic rings. The van der Waals surface area contributed by atoms with Gasteiger partial charge in [0, 0.05) is 22.5 Å².